The maximum Gasteiger partial charge on any atom is 0.266 e. The summed E-state index contributed by atoms with van der Waals surface area (Å²) in [5.74, 6) is -2.86. The Kier molecular flexibility index (Phi) is 5.04. The van der Waals surface area contributed by atoms with Crippen molar-refractivity contribution < 1.29 is 23.9 Å². The SMILES string of the molecule is O=C1[C@@H]2[C@H](ON(c3ccccc3)[C@H]2c2cc(Cl)cc(Cl)c2O)C(=O)N1c1ccc(F)cc1. The van der Waals surface area contributed by atoms with Crippen LogP contribution in [-0.2, 0) is 14.4 Å². The molecular weight excluding hydrogens is 458 g/mol. The summed E-state index contributed by atoms with van der Waals surface area (Å²) in [6, 6.07) is 15.9. The second-order valence-corrected chi connectivity index (χ2v) is 8.32. The van der Waals surface area contributed by atoms with E-state index < -0.39 is 35.7 Å². The van der Waals surface area contributed by atoms with Gasteiger partial charge in [-0.25, -0.2) is 14.4 Å². The molecule has 0 aliphatic carbocycles. The standard InChI is InChI=1S/C23H15Cl2FN2O4/c24-12-10-16(20(29)17(25)11-12)19-18-21(32-28(19)15-4-2-1-3-5-15)23(31)27(22(18)30)14-8-6-13(26)7-9-14/h1-11,18-19,21,29H/t18-,19-,21-/m0/s1. The van der Waals surface area contributed by atoms with E-state index in [2.05, 4.69) is 0 Å². The highest BCUT2D eigenvalue weighted by Gasteiger charge is 2.60. The number of hydrogen-bond acceptors (Lipinski definition) is 5. The molecule has 32 heavy (non-hydrogen) atoms. The van der Waals surface area contributed by atoms with Crippen LogP contribution in [0.3, 0.4) is 0 Å². The van der Waals surface area contributed by atoms with E-state index in [0.717, 1.165) is 4.90 Å². The van der Waals surface area contributed by atoms with Gasteiger partial charge in [0, 0.05) is 10.6 Å². The molecule has 2 aliphatic heterocycles. The molecule has 3 aromatic carbocycles. The smallest absolute Gasteiger partial charge is 0.266 e. The van der Waals surface area contributed by atoms with Crippen LogP contribution >= 0.6 is 23.2 Å². The number of nitrogens with zero attached hydrogens (tertiary/aromatic N) is 2. The Morgan fingerprint density at radius 2 is 1.59 bits per heavy atom. The fourth-order valence-corrected chi connectivity index (χ4v) is 4.69. The van der Waals surface area contributed by atoms with E-state index >= 15 is 0 Å². The second-order valence-electron chi connectivity index (χ2n) is 7.47. The van der Waals surface area contributed by atoms with Crippen molar-refractivity contribution in [3.63, 3.8) is 0 Å². The molecule has 2 saturated heterocycles. The molecule has 2 heterocycles. The lowest BCUT2D eigenvalue weighted by Crippen LogP contribution is -2.37. The number of fused-ring (bicyclic) bond motifs is 1. The molecule has 2 fully saturated rings. The molecule has 3 aromatic rings. The van der Waals surface area contributed by atoms with E-state index in [4.69, 9.17) is 28.0 Å². The van der Waals surface area contributed by atoms with Gasteiger partial charge in [-0.1, -0.05) is 41.4 Å². The fourth-order valence-electron chi connectivity index (χ4n) is 4.19. The fraction of sp³-hybridized carbons (Fsp3) is 0.130. The van der Waals surface area contributed by atoms with E-state index in [-0.39, 0.29) is 27.0 Å². The molecule has 9 heteroatoms. The lowest BCUT2D eigenvalue weighted by molar-refractivity contribution is -0.126. The van der Waals surface area contributed by atoms with Gasteiger partial charge >= 0.3 is 0 Å². The normalized spacial score (nSPS) is 22.5. The maximum absolute atomic E-state index is 13.5. The number of halogens is 3. The number of phenolic OH excluding ortho intramolecular Hbond substituents is 1. The van der Waals surface area contributed by atoms with Crippen LogP contribution in [0, 0.1) is 11.7 Å². The molecule has 0 unspecified atom stereocenters. The summed E-state index contributed by atoms with van der Waals surface area (Å²) in [4.78, 5) is 33.6. The van der Waals surface area contributed by atoms with Gasteiger partial charge in [0.25, 0.3) is 5.91 Å². The van der Waals surface area contributed by atoms with Crippen molar-refractivity contribution in [2.75, 3.05) is 9.96 Å². The number of anilines is 2. The van der Waals surface area contributed by atoms with E-state index in [1.807, 2.05) is 6.07 Å². The molecule has 0 saturated carbocycles. The quantitative estimate of drug-likeness (QED) is 0.549. The Morgan fingerprint density at radius 1 is 0.906 bits per heavy atom. The highest BCUT2D eigenvalue weighted by atomic mass is 35.5. The third-order valence-electron chi connectivity index (χ3n) is 5.59. The van der Waals surface area contributed by atoms with Gasteiger partial charge in [-0.15, -0.1) is 0 Å². The molecule has 162 valence electrons. The van der Waals surface area contributed by atoms with Gasteiger partial charge in [-0.05, 0) is 48.5 Å². The van der Waals surface area contributed by atoms with E-state index in [1.54, 1.807) is 24.3 Å². The first-order valence-corrected chi connectivity index (χ1v) is 10.4. The number of carbonyl (C=O) groups excluding carboxylic acids is 2. The molecule has 0 bridgehead atoms. The van der Waals surface area contributed by atoms with Gasteiger partial charge < -0.3 is 5.11 Å². The van der Waals surface area contributed by atoms with Crippen molar-refractivity contribution >= 4 is 46.4 Å². The van der Waals surface area contributed by atoms with Crippen molar-refractivity contribution in [3.8, 4) is 5.75 Å². The minimum absolute atomic E-state index is 0.0103. The van der Waals surface area contributed by atoms with E-state index in [9.17, 15) is 19.1 Å². The van der Waals surface area contributed by atoms with Crippen LogP contribution in [0.25, 0.3) is 0 Å². The number of aromatic hydroxyl groups is 1. The first-order valence-electron chi connectivity index (χ1n) is 9.69. The van der Waals surface area contributed by atoms with Crippen molar-refractivity contribution in [2.45, 2.75) is 12.1 Å². The molecule has 3 atom stereocenters. The Hall–Kier alpha value is -3.13. The predicted octanol–water partition coefficient (Wildman–Crippen LogP) is 4.89. The first-order chi connectivity index (χ1) is 15.4. The third-order valence-corrected chi connectivity index (χ3v) is 6.09. The van der Waals surface area contributed by atoms with Crippen LogP contribution in [0.2, 0.25) is 10.0 Å². The summed E-state index contributed by atoms with van der Waals surface area (Å²) in [6.07, 6.45) is -1.14. The van der Waals surface area contributed by atoms with Crippen LogP contribution in [0.1, 0.15) is 11.6 Å². The first kappa shape index (κ1) is 20.8. The van der Waals surface area contributed by atoms with Gasteiger partial charge in [0.2, 0.25) is 5.91 Å². The molecule has 2 amide bonds. The summed E-state index contributed by atoms with van der Waals surface area (Å²) in [5.41, 5.74) is 1.06. The van der Waals surface area contributed by atoms with Crippen LogP contribution in [-0.4, -0.2) is 23.0 Å². The second kappa shape index (κ2) is 7.78. The van der Waals surface area contributed by atoms with Crippen molar-refractivity contribution in [1.82, 2.24) is 0 Å². The lowest BCUT2D eigenvalue weighted by atomic mass is 9.90. The number of carbonyl (C=O) groups is 2. The zero-order valence-corrected chi connectivity index (χ0v) is 17.8. The molecular formula is C23H15Cl2FN2O4. The highest BCUT2D eigenvalue weighted by molar-refractivity contribution is 6.35. The number of hydroxylamine groups is 1. The number of para-hydroxylation sites is 1. The predicted molar refractivity (Wildman–Crippen MR) is 117 cm³/mol. The number of phenols is 1. The largest absolute Gasteiger partial charge is 0.506 e. The summed E-state index contributed by atoms with van der Waals surface area (Å²) < 4.78 is 13.4. The molecule has 6 nitrogen and oxygen atoms in total. The molecule has 0 radical (unpaired) electrons. The maximum atomic E-state index is 13.5. The topological polar surface area (TPSA) is 70.1 Å². The number of hydrogen-bond donors (Lipinski definition) is 1. The average molecular weight is 473 g/mol. The summed E-state index contributed by atoms with van der Waals surface area (Å²) in [5, 5.41) is 12.4. The summed E-state index contributed by atoms with van der Waals surface area (Å²) in [6.45, 7) is 0. The zero-order valence-electron chi connectivity index (χ0n) is 16.3. The summed E-state index contributed by atoms with van der Waals surface area (Å²) >= 11 is 12.3. The minimum atomic E-state index is -1.14. The van der Waals surface area contributed by atoms with Crippen LogP contribution in [0.15, 0.2) is 66.7 Å². The third kappa shape index (κ3) is 3.21. The Morgan fingerprint density at radius 3 is 2.28 bits per heavy atom. The number of rotatable bonds is 3. The van der Waals surface area contributed by atoms with Crippen molar-refractivity contribution in [2.24, 2.45) is 5.92 Å². The Labute approximate surface area is 192 Å². The number of amides is 2. The van der Waals surface area contributed by atoms with Gasteiger partial charge in [0.1, 0.15) is 17.5 Å². The molecule has 5 rings (SSSR count). The van der Waals surface area contributed by atoms with Gasteiger partial charge in [0.15, 0.2) is 6.10 Å². The van der Waals surface area contributed by atoms with Gasteiger partial charge in [-0.3, -0.25) is 14.4 Å². The minimum Gasteiger partial charge on any atom is -0.506 e. The van der Waals surface area contributed by atoms with Crippen LogP contribution in [0.4, 0.5) is 15.8 Å². The van der Waals surface area contributed by atoms with Gasteiger partial charge in [0.05, 0.1) is 22.4 Å². The monoisotopic (exact) mass is 472 g/mol. The highest BCUT2D eigenvalue weighted by Crippen LogP contribution is 2.50. The summed E-state index contributed by atoms with van der Waals surface area (Å²) in [7, 11) is 0. The average Bonchev–Trinajstić information content (AvgIpc) is 3.28. The molecule has 0 aromatic heterocycles. The van der Waals surface area contributed by atoms with Crippen molar-refractivity contribution in [3.05, 3.63) is 88.2 Å². The number of benzene rings is 3. The molecule has 2 aliphatic rings. The van der Waals surface area contributed by atoms with Crippen LogP contribution in [0.5, 0.6) is 5.75 Å². The Balaban J connectivity index is 1.64. The zero-order chi connectivity index (χ0) is 22.6. The van der Waals surface area contributed by atoms with Crippen LogP contribution < -0.4 is 9.96 Å². The van der Waals surface area contributed by atoms with Crippen molar-refractivity contribution in [1.29, 1.82) is 0 Å². The molecule has 1 N–H and O–H groups in total. The molecule has 0 spiro atoms. The van der Waals surface area contributed by atoms with E-state index in [0.29, 0.717) is 5.69 Å². The number of imide groups is 1. The Bertz CT molecular complexity index is 1220. The van der Waals surface area contributed by atoms with Gasteiger partial charge in [-0.2, -0.15) is 0 Å². The lowest BCUT2D eigenvalue weighted by Gasteiger charge is -2.29. The van der Waals surface area contributed by atoms with E-state index in [1.165, 1.54) is 41.5 Å².